The smallest absolute Gasteiger partial charge is 0.284 e. The van der Waals surface area contributed by atoms with E-state index in [1.54, 1.807) is 12.3 Å². The molecule has 1 saturated heterocycles. The Morgan fingerprint density at radius 3 is 3.11 bits per heavy atom. The Labute approximate surface area is 158 Å². The summed E-state index contributed by atoms with van der Waals surface area (Å²) in [5.74, 6) is 0.0476. The lowest BCUT2D eigenvalue weighted by atomic mass is 10.1. The number of alkyl halides is 2. The lowest BCUT2D eigenvalue weighted by molar-refractivity contribution is 0.102. The average Bonchev–Trinajstić information content (AvgIpc) is 3.22. The van der Waals surface area contributed by atoms with Gasteiger partial charge in [0, 0.05) is 25.0 Å². The Hall–Kier alpha value is -3.08. The van der Waals surface area contributed by atoms with E-state index in [2.05, 4.69) is 36.2 Å². The van der Waals surface area contributed by atoms with Gasteiger partial charge in [0.2, 0.25) is 0 Å². The van der Waals surface area contributed by atoms with Crippen molar-refractivity contribution < 1.29 is 13.6 Å². The zero-order chi connectivity index (χ0) is 19.5. The highest BCUT2D eigenvalue weighted by Gasteiger charge is 2.21. The van der Waals surface area contributed by atoms with Crippen molar-refractivity contribution >= 4 is 23.1 Å². The molecule has 1 unspecified atom stereocenters. The van der Waals surface area contributed by atoms with Crippen LogP contribution in [0, 0.1) is 0 Å². The molecule has 0 bridgehead atoms. The molecule has 3 aromatic heterocycles. The fourth-order valence-corrected chi connectivity index (χ4v) is 3.22. The third-order valence-corrected chi connectivity index (χ3v) is 4.64. The van der Waals surface area contributed by atoms with E-state index in [9.17, 15) is 13.6 Å². The van der Waals surface area contributed by atoms with E-state index in [0.29, 0.717) is 11.5 Å². The van der Waals surface area contributed by atoms with Crippen molar-refractivity contribution in [3.05, 3.63) is 35.9 Å². The van der Waals surface area contributed by atoms with Gasteiger partial charge in [0.15, 0.2) is 11.3 Å². The number of aromatic amines is 1. The third kappa shape index (κ3) is 3.79. The maximum absolute atomic E-state index is 12.9. The average molecular weight is 390 g/mol. The molecule has 11 heteroatoms. The Balaban J connectivity index is 1.55. The van der Waals surface area contributed by atoms with Crippen LogP contribution in [0.2, 0.25) is 0 Å². The minimum absolute atomic E-state index is 0.0711. The van der Waals surface area contributed by atoms with Gasteiger partial charge in [-0.05, 0) is 25.5 Å². The SMILES string of the molecule is O=C(Nc1c[nH]nc1C(F)F)c1cnn2ccc(NC3CCCCNC3)nc12. The second kappa shape index (κ2) is 7.89. The van der Waals surface area contributed by atoms with Crippen molar-refractivity contribution in [2.24, 2.45) is 0 Å². The Morgan fingerprint density at radius 2 is 2.25 bits per heavy atom. The van der Waals surface area contributed by atoms with E-state index >= 15 is 0 Å². The number of carbonyl (C=O) groups excluding carboxylic acids is 1. The molecule has 0 spiro atoms. The van der Waals surface area contributed by atoms with E-state index in [4.69, 9.17) is 0 Å². The van der Waals surface area contributed by atoms with E-state index < -0.39 is 18.0 Å². The summed E-state index contributed by atoms with van der Waals surface area (Å²) in [7, 11) is 0. The number of anilines is 2. The van der Waals surface area contributed by atoms with Crippen LogP contribution in [0.4, 0.5) is 20.3 Å². The van der Waals surface area contributed by atoms with Crippen LogP contribution in [0.1, 0.15) is 41.7 Å². The number of nitrogens with zero attached hydrogens (tertiary/aromatic N) is 4. The molecule has 0 aromatic carbocycles. The third-order valence-electron chi connectivity index (χ3n) is 4.64. The van der Waals surface area contributed by atoms with Gasteiger partial charge in [-0.2, -0.15) is 10.2 Å². The summed E-state index contributed by atoms with van der Waals surface area (Å²) in [6, 6.07) is 2.04. The molecule has 3 aromatic rings. The van der Waals surface area contributed by atoms with E-state index in [-0.39, 0.29) is 17.3 Å². The first-order valence-corrected chi connectivity index (χ1v) is 9.06. The van der Waals surface area contributed by atoms with Crippen LogP contribution in [-0.2, 0) is 0 Å². The maximum atomic E-state index is 12.9. The normalized spacial score (nSPS) is 17.6. The van der Waals surface area contributed by atoms with Crippen LogP contribution < -0.4 is 16.0 Å². The Bertz CT molecular complexity index is 961. The fourth-order valence-electron chi connectivity index (χ4n) is 3.22. The topological polar surface area (TPSA) is 112 Å². The molecule has 0 aliphatic carbocycles. The molecule has 148 valence electrons. The number of nitrogens with one attached hydrogen (secondary N) is 4. The van der Waals surface area contributed by atoms with Gasteiger partial charge in [-0.25, -0.2) is 18.3 Å². The van der Waals surface area contributed by atoms with Gasteiger partial charge in [0.1, 0.15) is 11.4 Å². The van der Waals surface area contributed by atoms with Crippen molar-refractivity contribution in [1.29, 1.82) is 0 Å². The predicted molar refractivity (Wildman–Crippen MR) is 98.6 cm³/mol. The summed E-state index contributed by atoms with van der Waals surface area (Å²) in [5.41, 5.74) is -0.0607. The second-order valence-electron chi connectivity index (χ2n) is 6.62. The number of rotatable bonds is 5. The first-order valence-electron chi connectivity index (χ1n) is 9.06. The molecule has 28 heavy (non-hydrogen) atoms. The maximum Gasteiger partial charge on any atom is 0.284 e. The lowest BCUT2D eigenvalue weighted by Crippen LogP contribution is -2.31. The fraction of sp³-hybridized carbons (Fsp3) is 0.412. The van der Waals surface area contributed by atoms with Crippen molar-refractivity contribution in [1.82, 2.24) is 30.1 Å². The molecule has 4 rings (SSSR count). The number of hydrogen-bond acceptors (Lipinski definition) is 6. The quantitative estimate of drug-likeness (QED) is 0.531. The Kier molecular flexibility index (Phi) is 5.15. The summed E-state index contributed by atoms with van der Waals surface area (Å²) in [6.07, 6.45) is 4.78. The van der Waals surface area contributed by atoms with Gasteiger partial charge in [-0.3, -0.25) is 9.89 Å². The van der Waals surface area contributed by atoms with Crippen molar-refractivity contribution in [3.63, 3.8) is 0 Å². The molecule has 9 nitrogen and oxygen atoms in total. The number of H-pyrrole nitrogens is 1. The van der Waals surface area contributed by atoms with Crippen LogP contribution >= 0.6 is 0 Å². The predicted octanol–water partition coefficient (Wildman–Crippen LogP) is 2.20. The van der Waals surface area contributed by atoms with Crippen molar-refractivity contribution in [2.45, 2.75) is 31.7 Å². The van der Waals surface area contributed by atoms with Gasteiger partial charge >= 0.3 is 0 Å². The molecule has 0 saturated carbocycles. The molecular formula is C17H20F2N8O. The van der Waals surface area contributed by atoms with Crippen LogP contribution in [0.15, 0.2) is 24.7 Å². The molecule has 1 aliphatic heterocycles. The van der Waals surface area contributed by atoms with E-state index in [1.165, 1.54) is 16.9 Å². The van der Waals surface area contributed by atoms with E-state index in [1.807, 2.05) is 0 Å². The van der Waals surface area contributed by atoms with Crippen LogP contribution in [0.3, 0.4) is 0 Å². The molecule has 1 aliphatic rings. The number of aromatic nitrogens is 5. The second-order valence-corrected chi connectivity index (χ2v) is 6.62. The van der Waals surface area contributed by atoms with Crippen LogP contribution in [0.5, 0.6) is 0 Å². The van der Waals surface area contributed by atoms with E-state index in [0.717, 1.165) is 32.4 Å². The van der Waals surface area contributed by atoms with Gasteiger partial charge in [-0.15, -0.1) is 0 Å². The number of halogens is 2. The number of fused-ring (bicyclic) bond motifs is 1. The van der Waals surface area contributed by atoms with Gasteiger partial charge < -0.3 is 16.0 Å². The molecule has 1 fully saturated rings. The molecule has 4 heterocycles. The summed E-state index contributed by atoms with van der Waals surface area (Å²) >= 11 is 0. The Morgan fingerprint density at radius 1 is 1.36 bits per heavy atom. The minimum Gasteiger partial charge on any atom is -0.366 e. The molecule has 1 amide bonds. The minimum atomic E-state index is -2.80. The molecule has 4 N–H and O–H groups in total. The van der Waals surface area contributed by atoms with Gasteiger partial charge in [0.05, 0.1) is 11.9 Å². The summed E-state index contributed by atoms with van der Waals surface area (Å²) in [6.45, 7) is 1.85. The zero-order valence-corrected chi connectivity index (χ0v) is 15.0. The summed E-state index contributed by atoms with van der Waals surface area (Å²) in [5, 5.41) is 19.1. The zero-order valence-electron chi connectivity index (χ0n) is 15.0. The lowest BCUT2D eigenvalue weighted by Gasteiger charge is -2.17. The highest BCUT2D eigenvalue weighted by molar-refractivity contribution is 6.08. The first kappa shape index (κ1) is 18.3. The first-order chi connectivity index (χ1) is 13.6. The highest BCUT2D eigenvalue weighted by atomic mass is 19.3. The van der Waals surface area contributed by atoms with Crippen molar-refractivity contribution in [3.8, 4) is 0 Å². The molecular weight excluding hydrogens is 370 g/mol. The standard InChI is InChI=1S/C17H20F2N8O/c18-15(19)14-12(9-21-26-14)24-17(28)11-8-22-27-6-4-13(25-16(11)27)23-10-3-1-2-5-20-7-10/h4,6,8-10,15,20H,1-3,5,7H2,(H,21,26)(H,23,25)(H,24,28). The number of amides is 1. The summed E-state index contributed by atoms with van der Waals surface area (Å²) in [4.78, 5) is 17.1. The summed E-state index contributed by atoms with van der Waals surface area (Å²) < 4.78 is 27.3. The number of hydrogen-bond donors (Lipinski definition) is 4. The van der Waals surface area contributed by atoms with Gasteiger partial charge in [0.25, 0.3) is 12.3 Å². The van der Waals surface area contributed by atoms with Gasteiger partial charge in [-0.1, -0.05) is 6.42 Å². The molecule has 1 atom stereocenters. The van der Waals surface area contributed by atoms with Crippen molar-refractivity contribution in [2.75, 3.05) is 23.7 Å². The monoisotopic (exact) mass is 390 g/mol. The highest BCUT2D eigenvalue weighted by Crippen LogP contribution is 2.25. The van der Waals surface area contributed by atoms with Crippen LogP contribution in [0.25, 0.3) is 5.65 Å². The molecule has 0 radical (unpaired) electrons. The number of carbonyl (C=O) groups is 1. The largest absolute Gasteiger partial charge is 0.366 e. The van der Waals surface area contributed by atoms with Crippen LogP contribution in [-0.4, -0.2) is 49.8 Å².